The van der Waals surface area contributed by atoms with Crippen molar-refractivity contribution < 1.29 is 0 Å². The van der Waals surface area contributed by atoms with E-state index in [2.05, 4.69) is 24.1 Å². The maximum absolute atomic E-state index is 3.69. The topological polar surface area (TPSA) is 15.3 Å². The minimum atomic E-state index is 0.752. The SMILES string of the molecule is CCCC1CC(NCC)CN(CC2CCCC2)C1. The molecule has 2 fully saturated rings. The summed E-state index contributed by atoms with van der Waals surface area (Å²) in [6, 6.07) is 0.752. The van der Waals surface area contributed by atoms with E-state index in [1.807, 2.05) is 0 Å². The zero-order chi connectivity index (χ0) is 12.8. The molecule has 2 unspecified atom stereocenters. The molecule has 0 bridgehead atoms. The first-order valence-corrected chi connectivity index (χ1v) is 8.27. The minimum Gasteiger partial charge on any atom is -0.313 e. The van der Waals surface area contributed by atoms with Crippen LogP contribution in [-0.4, -0.2) is 37.1 Å². The monoisotopic (exact) mass is 252 g/mol. The van der Waals surface area contributed by atoms with E-state index in [0.29, 0.717) is 0 Å². The minimum absolute atomic E-state index is 0.752. The van der Waals surface area contributed by atoms with Gasteiger partial charge in [0.1, 0.15) is 0 Å². The third kappa shape index (κ3) is 4.24. The standard InChI is InChI=1S/C16H32N2/c1-3-7-15-10-16(17-4-2)13-18(12-15)11-14-8-5-6-9-14/h14-17H,3-13H2,1-2H3. The van der Waals surface area contributed by atoms with Gasteiger partial charge in [-0.05, 0) is 44.1 Å². The molecule has 0 amide bonds. The highest BCUT2D eigenvalue weighted by molar-refractivity contribution is 4.85. The summed E-state index contributed by atoms with van der Waals surface area (Å²) < 4.78 is 0. The molecule has 1 heterocycles. The van der Waals surface area contributed by atoms with Crippen LogP contribution in [0.1, 0.15) is 58.8 Å². The Morgan fingerprint density at radius 2 is 1.83 bits per heavy atom. The molecule has 2 rings (SSSR count). The second kappa shape index (κ2) is 7.49. The Morgan fingerprint density at radius 1 is 1.06 bits per heavy atom. The van der Waals surface area contributed by atoms with Crippen molar-refractivity contribution in [3.63, 3.8) is 0 Å². The number of nitrogens with zero attached hydrogens (tertiary/aromatic N) is 1. The molecule has 18 heavy (non-hydrogen) atoms. The van der Waals surface area contributed by atoms with Crippen LogP contribution in [0.4, 0.5) is 0 Å². The van der Waals surface area contributed by atoms with Gasteiger partial charge in [-0.15, -0.1) is 0 Å². The van der Waals surface area contributed by atoms with Gasteiger partial charge < -0.3 is 10.2 Å². The zero-order valence-corrected chi connectivity index (χ0v) is 12.5. The average molecular weight is 252 g/mol. The van der Waals surface area contributed by atoms with Crippen LogP contribution in [-0.2, 0) is 0 Å². The van der Waals surface area contributed by atoms with Crippen LogP contribution >= 0.6 is 0 Å². The lowest BCUT2D eigenvalue weighted by molar-refractivity contribution is 0.119. The van der Waals surface area contributed by atoms with Gasteiger partial charge in [-0.25, -0.2) is 0 Å². The van der Waals surface area contributed by atoms with Crippen molar-refractivity contribution in [2.24, 2.45) is 11.8 Å². The number of hydrogen-bond donors (Lipinski definition) is 1. The number of rotatable bonds is 6. The third-order valence-corrected chi connectivity index (χ3v) is 4.79. The molecule has 0 spiro atoms. The van der Waals surface area contributed by atoms with E-state index < -0.39 is 0 Å². The summed E-state index contributed by atoms with van der Waals surface area (Å²) in [5, 5.41) is 3.69. The molecule has 2 aliphatic rings. The highest BCUT2D eigenvalue weighted by Crippen LogP contribution is 2.28. The van der Waals surface area contributed by atoms with Crippen molar-refractivity contribution in [1.82, 2.24) is 10.2 Å². The molecule has 2 heteroatoms. The van der Waals surface area contributed by atoms with Crippen molar-refractivity contribution in [2.45, 2.75) is 64.8 Å². The molecule has 2 nitrogen and oxygen atoms in total. The Hall–Kier alpha value is -0.0800. The van der Waals surface area contributed by atoms with Gasteiger partial charge in [0.25, 0.3) is 0 Å². The van der Waals surface area contributed by atoms with E-state index in [1.165, 1.54) is 64.6 Å². The largest absolute Gasteiger partial charge is 0.313 e. The smallest absolute Gasteiger partial charge is 0.0198 e. The summed E-state index contributed by atoms with van der Waals surface area (Å²) >= 11 is 0. The molecule has 0 aromatic carbocycles. The van der Waals surface area contributed by atoms with Crippen molar-refractivity contribution in [2.75, 3.05) is 26.2 Å². The summed E-state index contributed by atoms with van der Waals surface area (Å²) in [6.07, 6.45) is 10.1. The van der Waals surface area contributed by atoms with Crippen LogP contribution in [0.2, 0.25) is 0 Å². The molecular weight excluding hydrogens is 220 g/mol. The van der Waals surface area contributed by atoms with Crippen LogP contribution in [0.15, 0.2) is 0 Å². The molecule has 1 aliphatic carbocycles. The van der Waals surface area contributed by atoms with Crippen LogP contribution in [0.3, 0.4) is 0 Å². The lowest BCUT2D eigenvalue weighted by Crippen LogP contribution is -2.50. The second-order valence-electron chi connectivity index (χ2n) is 6.51. The summed E-state index contributed by atoms with van der Waals surface area (Å²) in [5.41, 5.74) is 0. The summed E-state index contributed by atoms with van der Waals surface area (Å²) in [7, 11) is 0. The quantitative estimate of drug-likeness (QED) is 0.780. The maximum Gasteiger partial charge on any atom is 0.0198 e. The highest BCUT2D eigenvalue weighted by Gasteiger charge is 2.28. The van der Waals surface area contributed by atoms with Gasteiger partial charge in [-0.2, -0.15) is 0 Å². The Labute approximate surface area is 114 Å². The van der Waals surface area contributed by atoms with Crippen molar-refractivity contribution in [3.8, 4) is 0 Å². The molecule has 1 N–H and O–H groups in total. The average Bonchev–Trinajstić information content (AvgIpc) is 2.82. The van der Waals surface area contributed by atoms with Crippen molar-refractivity contribution in [1.29, 1.82) is 0 Å². The maximum atomic E-state index is 3.69. The number of nitrogens with one attached hydrogen (secondary N) is 1. The fraction of sp³-hybridized carbons (Fsp3) is 1.00. The Kier molecular flexibility index (Phi) is 5.97. The molecule has 0 aromatic heterocycles. The fourth-order valence-corrected chi connectivity index (χ4v) is 4.06. The third-order valence-electron chi connectivity index (χ3n) is 4.79. The lowest BCUT2D eigenvalue weighted by Gasteiger charge is -2.39. The predicted molar refractivity (Wildman–Crippen MR) is 78.9 cm³/mol. The first kappa shape index (κ1) is 14.3. The van der Waals surface area contributed by atoms with E-state index >= 15 is 0 Å². The highest BCUT2D eigenvalue weighted by atomic mass is 15.2. The van der Waals surface area contributed by atoms with Crippen molar-refractivity contribution in [3.05, 3.63) is 0 Å². The number of hydrogen-bond acceptors (Lipinski definition) is 2. The summed E-state index contributed by atoms with van der Waals surface area (Å²) in [4.78, 5) is 2.77. The van der Waals surface area contributed by atoms with E-state index in [4.69, 9.17) is 0 Å². The Balaban J connectivity index is 1.83. The molecule has 0 radical (unpaired) electrons. The molecule has 0 aromatic rings. The zero-order valence-electron chi connectivity index (χ0n) is 12.5. The first-order chi connectivity index (χ1) is 8.81. The van der Waals surface area contributed by atoms with Crippen LogP contribution < -0.4 is 5.32 Å². The molecule has 1 aliphatic heterocycles. The Morgan fingerprint density at radius 3 is 2.50 bits per heavy atom. The van der Waals surface area contributed by atoms with Gasteiger partial charge >= 0.3 is 0 Å². The van der Waals surface area contributed by atoms with Crippen molar-refractivity contribution >= 4 is 0 Å². The van der Waals surface area contributed by atoms with Gasteiger partial charge in [-0.3, -0.25) is 0 Å². The Bertz CT molecular complexity index is 209. The van der Waals surface area contributed by atoms with Gasteiger partial charge in [0.05, 0.1) is 0 Å². The van der Waals surface area contributed by atoms with E-state index in [1.54, 1.807) is 0 Å². The van der Waals surface area contributed by atoms with Gasteiger partial charge in [0.2, 0.25) is 0 Å². The predicted octanol–water partition coefficient (Wildman–Crippen LogP) is 3.28. The molecule has 106 valence electrons. The fourth-order valence-electron chi connectivity index (χ4n) is 4.06. The number of piperidine rings is 1. The molecular formula is C16H32N2. The summed E-state index contributed by atoms with van der Waals surface area (Å²) in [5.74, 6) is 1.95. The first-order valence-electron chi connectivity index (χ1n) is 8.27. The lowest BCUT2D eigenvalue weighted by atomic mass is 9.90. The molecule has 1 saturated heterocycles. The van der Waals surface area contributed by atoms with Crippen LogP contribution in [0.25, 0.3) is 0 Å². The van der Waals surface area contributed by atoms with Gasteiger partial charge in [0, 0.05) is 25.7 Å². The van der Waals surface area contributed by atoms with Crippen LogP contribution in [0, 0.1) is 11.8 Å². The van der Waals surface area contributed by atoms with E-state index in [9.17, 15) is 0 Å². The second-order valence-corrected chi connectivity index (χ2v) is 6.51. The normalized spacial score (nSPS) is 31.0. The summed E-state index contributed by atoms with van der Waals surface area (Å²) in [6.45, 7) is 9.74. The van der Waals surface area contributed by atoms with E-state index in [-0.39, 0.29) is 0 Å². The van der Waals surface area contributed by atoms with Gasteiger partial charge in [0.15, 0.2) is 0 Å². The number of likely N-dealkylation sites (N-methyl/N-ethyl adjacent to an activating group) is 1. The number of likely N-dealkylation sites (tertiary alicyclic amines) is 1. The molecule has 2 atom stereocenters. The molecule has 1 saturated carbocycles. The van der Waals surface area contributed by atoms with Gasteiger partial charge in [-0.1, -0.05) is 33.1 Å². The van der Waals surface area contributed by atoms with E-state index in [0.717, 1.165) is 24.4 Å². The van der Waals surface area contributed by atoms with Crippen LogP contribution in [0.5, 0.6) is 0 Å².